The summed E-state index contributed by atoms with van der Waals surface area (Å²) in [6.45, 7) is 2.21. The predicted octanol–water partition coefficient (Wildman–Crippen LogP) is 4.67. The first kappa shape index (κ1) is 21.1. The molecule has 0 bridgehead atoms. The van der Waals surface area contributed by atoms with Gasteiger partial charge in [0.1, 0.15) is 14.1 Å². The van der Waals surface area contributed by atoms with Gasteiger partial charge in [0.25, 0.3) is 0 Å². The molecule has 1 heterocycles. The number of hydrogen-bond donors (Lipinski definition) is 0. The van der Waals surface area contributed by atoms with E-state index in [1.54, 1.807) is 0 Å². The van der Waals surface area contributed by atoms with Crippen LogP contribution >= 0.6 is 8.19 Å². The average Bonchev–Trinajstić information content (AvgIpc) is 2.65. The third-order valence-electron chi connectivity index (χ3n) is 5.26. The summed E-state index contributed by atoms with van der Waals surface area (Å²) in [6.07, 6.45) is 0. The second kappa shape index (κ2) is 8.38. The topological polar surface area (TPSA) is 6.25 Å². The van der Waals surface area contributed by atoms with Gasteiger partial charge in [-0.25, -0.2) is 4.58 Å². The molecule has 4 rings (SSSR count). The first-order valence-electron chi connectivity index (χ1n) is 9.29. The molecule has 0 spiro atoms. The van der Waals surface area contributed by atoms with Gasteiger partial charge in [0.2, 0.25) is 0 Å². The van der Waals surface area contributed by atoms with Crippen LogP contribution < -0.4 is 14.8 Å². The Labute approximate surface area is 189 Å². The van der Waals surface area contributed by atoms with Crippen LogP contribution in [0.2, 0.25) is 0 Å². The van der Waals surface area contributed by atoms with E-state index in [2.05, 4.69) is 105 Å². The molecule has 140 valence electrons. The van der Waals surface area contributed by atoms with E-state index >= 15 is 0 Å². The van der Waals surface area contributed by atoms with Crippen LogP contribution in [0.25, 0.3) is 32.5 Å². The fourth-order valence-corrected chi connectivity index (χ4v) is 5.11. The smallest absolute Gasteiger partial charge is 0.200 e. The molecule has 1 atom stereocenters. The number of benzene rings is 3. The molecule has 0 fully saturated rings. The van der Waals surface area contributed by atoms with Crippen LogP contribution in [0.1, 0.15) is 5.56 Å². The number of hydrogen-bond acceptors (Lipinski definition) is 1. The largest absolute Gasteiger partial charge is 0.378 e. The molecule has 0 amide bonds. The molecule has 0 saturated carbocycles. The number of nitrogens with zero attached hydrogens (tertiary/aromatic N) is 2. The Morgan fingerprint density at radius 2 is 1.61 bits per heavy atom. The Hall–Kier alpha value is -1.65. The van der Waals surface area contributed by atoms with E-state index in [0.29, 0.717) is 8.19 Å². The Morgan fingerprint density at radius 3 is 2.29 bits per heavy atom. The molecule has 0 N–H and O–H groups in total. The summed E-state index contributed by atoms with van der Waals surface area (Å²) in [6, 6.07) is 22.5. The van der Waals surface area contributed by atoms with Crippen molar-refractivity contribution in [2.45, 2.75) is 6.92 Å². The van der Waals surface area contributed by atoms with Gasteiger partial charge in [-0.15, -0.1) is 8.19 Å². The van der Waals surface area contributed by atoms with Gasteiger partial charge >= 0.3 is 0 Å². The van der Waals surface area contributed by atoms with Crippen LogP contribution in [-0.4, -0.2) is 55.5 Å². The Bertz CT molecular complexity index is 1190. The maximum atomic E-state index is 2.36. The first-order valence-corrected chi connectivity index (χ1v) is 10.3. The molecule has 1 unspecified atom stereocenters. The number of aryl methyl sites for hydroxylation is 1. The summed E-state index contributed by atoms with van der Waals surface area (Å²) in [5, 5.41) is 5.50. The summed E-state index contributed by atoms with van der Waals surface area (Å²) in [4.78, 5) is 2.18. The van der Waals surface area contributed by atoms with Crippen LogP contribution in [0.5, 0.6) is 0 Å². The first-order chi connectivity index (χ1) is 13.0. The third-order valence-corrected chi connectivity index (χ3v) is 6.63. The second-order valence-electron chi connectivity index (χ2n) is 7.56. The fraction of sp³-hybridized carbons (Fsp3) is 0.208. The molecule has 2 nitrogen and oxygen atoms in total. The van der Waals surface area contributed by atoms with Crippen molar-refractivity contribution in [1.82, 2.24) is 4.58 Å². The van der Waals surface area contributed by atoms with Gasteiger partial charge < -0.3 is 4.90 Å². The Kier molecular flexibility index (Phi) is 6.31. The SMILES string of the molecule is Cc1ccccc1-c1c2ccc(=[N+](C)C)cc-2[pH]c2cc(N(C)C)ccc12.[Pb]. The Morgan fingerprint density at radius 1 is 0.857 bits per heavy atom. The maximum Gasteiger partial charge on any atom is 0.200 e. The Balaban J connectivity index is 0.00000225. The van der Waals surface area contributed by atoms with Crippen molar-refractivity contribution in [2.24, 2.45) is 0 Å². The zero-order chi connectivity index (χ0) is 19.1. The third kappa shape index (κ3) is 3.77. The van der Waals surface area contributed by atoms with Crippen molar-refractivity contribution in [1.29, 1.82) is 0 Å². The zero-order valence-electron chi connectivity index (χ0n) is 17.2. The summed E-state index contributed by atoms with van der Waals surface area (Å²) >= 11 is 0. The standard InChI is InChI=1S/C24H26N2P.Pb/c1-16-8-6-7-9-19(16)24-20-12-10-17(25(2)3)14-22(20)27-23-15-18(26(4)5)11-13-21(23)24;/h6-15,27H,1-5H3;/q+1;. The molecule has 1 aliphatic heterocycles. The average molecular weight is 581 g/mol. The van der Waals surface area contributed by atoms with Crippen LogP contribution in [0.15, 0.2) is 60.7 Å². The van der Waals surface area contributed by atoms with Gasteiger partial charge in [0.15, 0.2) is 5.36 Å². The van der Waals surface area contributed by atoms with Gasteiger partial charge in [-0.1, -0.05) is 30.3 Å². The summed E-state index contributed by atoms with van der Waals surface area (Å²) in [5.74, 6) is 0. The second-order valence-corrected chi connectivity index (χ2v) is 8.89. The molecular formula is C24H26N2PPb+. The number of anilines is 1. The molecule has 2 aliphatic rings. The van der Waals surface area contributed by atoms with Crippen LogP contribution in [0.4, 0.5) is 5.69 Å². The summed E-state index contributed by atoms with van der Waals surface area (Å²) < 4.78 is 2.18. The predicted molar refractivity (Wildman–Crippen MR) is 127 cm³/mol. The maximum absolute atomic E-state index is 2.36. The fourth-order valence-electron chi connectivity index (χ4n) is 3.70. The van der Waals surface area contributed by atoms with Gasteiger partial charge in [-0.2, -0.15) is 0 Å². The molecule has 28 heavy (non-hydrogen) atoms. The number of rotatable bonds is 2. The zero-order valence-corrected chi connectivity index (χ0v) is 22.1. The minimum atomic E-state index is 0. The van der Waals surface area contributed by atoms with Crippen molar-refractivity contribution >= 4 is 51.7 Å². The van der Waals surface area contributed by atoms with Crippen molar-refractivity contribution in [3.05, 3.63) is 71.6 Å². The van der Waals surface area contributed by atoms with Gasteiger partial charge in [-0.05, 0) is 52.8 Å². The van der Waals surface area contributed by atoms with Crippen molar-refractivity contribution in [2.75, 3.05) is 33.1 Å². The summed E-state index contributed by atoms with van der Waals surface area (Å²) in [7, 11) is 9.11. The monoisotopic (exact) mass is 581 g/mol. The van der Waals surface area contributed by atoms with E-state index in [4.69, 9.17) is 0 Å². The molecule has 0 aromatic heterocycles. The molecule has 4 heteroatoms. The van der Waals surface area contributed by atoms with Crippen LogP contribution in [0.3, 0.4) is 0 Å². The normalized spacial score (nSPS) is 11.0. The van der Waals surface area contributed by atoms with Gasteiger partial charge in [-0.3, -0.25) is 0 Å². The van der Waals surface area contributed by atoms with Crippen molar-refractivity contribution in [3.8, 4) is 22.0 Å². The molecule has 2 aromatic carbocycles. The van der Waals surface area contributed by atoms with E-state index in [-0.39, 0.29) is 27.3 Å². The molecule has 4 radical (unpaired) electrons. The minimum absolute atomic E-state index is 0. The molecule has 0 saturated heterocycles. The van der Waals surface area contributed by atoms with Gasteiger partial charge in [0.05, 0.1) is 0 Å². The van der Waals surface area contributed by atoms with E-state index in [1.807, 2.05) is 0 Å². The quantitative estimate of drug-likeness (QED) is 0.190. The summed E-state index contributed by atoms with van der Waals surface area (Å²) in [5.41, 5.74) is 6.66. The van der Waals surface area contributed by atoms with Crippen molar-refractivity contribution < 1.29 is 0 Å². The minimum Gasteiger partial charge on any atom is -0.378 e. The van der Waals surface area contributed by atoms with E-state index in [1.165, 1.54) is 49.1 Å². The molecular weight excluding hydrogens is 554 g/mol. The van der Waals surface area contributed by atoms with Gasteiger partial charge in [0, 0.05) is 69.6 Å². The molecule has 2 aromatic rings. The van der Waals surface area contributed by atoms with E-state index < -0.39 is 0 Å². The van der Waals surface area contributed by atoms with Crippen LogP contribution in [0, 0.1) is 6.92 Å². The van der Waals surface area contributed by atoms with Crippen molar-refractivity contribution in [3.63, 3.8) is 0 Å². The molecule has 1 aliphatic carbocycles. The van der Waals surface area contributed by atoms with E-state index in [9.17, 15) is 0 Å². The van der Waals surface area contributed by atoms with E-state index in [0.717, 1.165) is 0 Å². The van der Waals surface area contributed by atoms with Crippen LogP contribution in [-0.2, 0) is 0 Å². The number of fused-ring (bicyclic) bond motifs is 2.